The van der Waals surface area contributed by atoms with Crippen LogP contribution in [0.2, 0.25) is 0 Å². The zero-order chi connectivity index (χ0) is 13.3. The average Bonchev–Trinajstić information content (AvgIpc) is 2.46. The van der Waals surface area contributed by atoms with E-state index in [1.165, 1.54) is 5.56 Å². The van der Waals surface area contributed by atoms with Crippen LogP contribution in [0.3, 0.4) is 0 Å². The molecule has 0 unspecified atom stereocenters. The number of hydrogen-bond donors (Lipinski definition) is 3. The molecule has 0 amide bonds. The Morgan fingerprint density at radius 3 is 2.26 bits per heavy atom. The first-order valence-corrected chi connectivity index (χ1v) is 6.34. The Labute approximate surface area is 113 Å². The second-order valence-electron chi connectivity index (χ2n) is 4.19. The molecule has 0 saturated heterocycles. The van der Waals surface area contributed by atoms with Crippen LogP contribution in [0.1, 0.15) is 5.56 Å². The van der Waals surface area contributed by atoms with Crippen molar-refractivity contribution in [3.8, 4) is 11.5 Å². The van der Waals surface area contributed by atoms with Gasteiger partial charge in [0.05, 0.1) is 6.67 Å². The SMILES string of the molecule is NNCNCCc1ccc(Oc2ccccc2)cc1. The van der Waals surface area contributed by atoms with Gasteiger partial charge in [-0.1, -0.05) is 30.3 Å². The minimum atomic E-state index is 0.620. The first kappa shape index (κ1) is 13.5. The molecule has 0 fully saturated rings. The van der Waals surface area contributed by atoms with E-state index in [0.29, 0.717) is 6.67 Å². The van der Waals surface area contributed by atoms with Gasteiger partial charge in [0, 0.05) is 6.54 Å². The Bertz CT molecular complexity index is 471. The second-order valence-corrected chi connectivity index (χ2v) is 4.19. The zero-order valence-electron chi connectivity index (χ0n) is 10.8. The van der Waals surface area contributed by atoms with Gasteiger partial charge >= 0.3 is 0 Å². The summed E-state index contributed by atoms with van der Waals surface area (Å²) in [5.74, 6) is 6.88. The monoisotopic (exact) mass is 257 g/mol. The lowest BCUT2D eigenvalue weighted by Crippen LogP contribution is -2.34. The normalized spacial score (nSPS) is 10.4. The van der Waals surface area contributed by atoms with Crippen molar-refractivity contribution in [1.82, 2.24) is 10.7 Å². The average molecular weight is 257 g/mol. The first-order chi connectivity index (χ1) is 9.38. The van der Waals surface area contributed by atoms with Gasteiger partial charge in [-0.25, -0.2) is 5.43 Å². The van der Waals surface area contributed by atoms with E-state index < -0.39 is 0 Å². The molecule has 100 valence electrons. The number of nitrogens with two attached hydrogens (primary N) is 1. The van der Waals surface area contributed by atoms with Crippen molar-refractivity contribution in [1.29, 1.82) is 0 Å². The van der Waals surface area contributed by atoms with Crippen molar-refractivity contribution < 1.29 is 4.74 Å². The highest BCUT2D eigenvalue weighted by Gasteiger charge is 1.97. The fourth-order valence-electron chi connectivity index (χ4n) is 1.74. The zero-order valence-corrected chi connectivity index (χ0v) is 10.8. The quantitative estimate of drug-likeness (QED) is 0.307. The minimum absolute atomic E-state index is 0.620. The van der Waals surface area contributed by atoms with Crippen molar-refractivity contribution in [2.75, 3.05) is 13.2 Å². The molecule has 0 saturated carbocycles. The highest BCUT2D eigenvalue weighted by atomic mass is 16.5. The van der Waals surface area contributed by atoms with Crippen LogP contribution < -0.4 is 21.3 Å². The van der Waals surface area contributed by atoms with E-state index in [0.717, 1.165) is 24.5 Å². The maximum Gasteiger partial charge on any atom is 0.127 e. The van der Waals surface area contributed by atoms with Crippen molar-refractivity contribution >= 4 is 0 Å². The van der Waals surface area contributed by atoms with Gasteiger partial charge in [0.2, 0.25) is 0 Å². The molecule has 2 aromatic rings. The molecule has 0 radical (unpaired) electrons. The van der Waals surface area contributed by atoms with E-state index in [1.807, 2.05) is 42.5 Å². The van der Waals surface area contributed by atoms with Gasteiger partial charge in [-0.05, 0) is 36.2 Å². The molecule has 4 N–H and O–H groups in total. The number of nitrogens with one attached hydrogen (secondary N) is 2. The second kappa shape index (κ2) is 7.53. The topological polar surface area (TPSA) is 59.3 Å². The summed E-state index contributed by atoms with van der Waals surface area (Å²) in [4.78, 5) is 0. The Hall–Kier alpha value is -1.88. The molecule has 19 heavy (non-hydrogen) atoms. The van der Waals surface area contributed by atoms with Crippen LogP contribution in [-0.2, 0) is 6.42 Å². The molecule has 0 aliphatic rings. The summed E-state index contributed by atoms with van der Waals surface area (Å²) in [6, 6.07) is 17.9. The Morgan fingerprint density at radius 2 is 1.58 bits per heavy atom. The lowest BCUT2D eigenvalue weighted by atomic mass is 10.1. The van der Waals surface area contributed by atoms with Crippen LogP contribution >= 0.6 is 0 Å². The largest absolute Gasteiger partial charge is 0.457 e. The summed E-state index contributed by atoms with van der Waals surface area (Å²) in [5, 5.41) is 3.17. The van der Waals surface area contributed by atoms with Crippen molar-refractivity contribution in [3.63, 3.8) is 0 Å². The predicted octanol–water partition coefficient (Wildman–Crippen LogP) is 2.03. The third-order valence-corrected chi connectivity index (χ3v) is 2.72. The van der Waals surface area contributed by atoms with E-state index in [9.17, 15) is 0 Å². The molecule has 2 rings (SSSR count). The molecule has 4 nitrogen and oxygen atoms in total. The minimum Gasteiger partial charge on any atom is -0.457 e. The van der Waals surface area contributed by atoms with E-state index >= 15 is 0 Å². The number of benzene rings is 2. The standard InChI is InChI=1S/C15H19N3O/c16-18-12-17-11-10-13-6-8-15(9-7-13)19-14-4-2-1-3-5-14/h1-9,17-18H,10-12,16H2. The number of hydrazine groups is 1. The highest BCUT2D eigenvalue weighted by Crippen LogP contribution is 2.21. The third-order valence-electron chi connectivity index (χ3n) is 2.72. The van der Waals surface area contributed by atoms with Crippen molar-refractivity contribution in [2.24, 2.45) is 5.84 Å². The van der Waals surface area contributed by atoms with Gasteiger partial charge in [0.1, 0.15) is 11.5 Å². The van der Waals surface area contributed by atoms with Crippen LogP contribution in [0.25, 0.3) is 0 Å². The molecule has 4 heteroatoms. The van der Waals surface area contributed by atoms with Crippen LogP contribution in [0, 0.1) is 0 Å². The summed E-state index contributed by atoms with van der Waals surface area (Å²) in [7, 11) is 0. The molecular weight excluding hydrogens is 238 g/mol. The maximum atomic E-state index is 5.73. The molecule has 0 aliphatic carbocycles. The molecule has 0 bridgehead atoms. The molecule has 0 atom stereocenters. The Balaban J connectivity index is 1.84. The van der Waals surface area contributed by atoms with Gasteiger partial charge < -0.3 is 10.1 Å². The van der Waals surface area contributed by atoms with E-state index in [1.54, 1.807) is 0 Å². The first-order valence-electron chi connectivity index (χ1n) is 6.34. The highest BCUT2D eigenvalue weighted by molar-refractivity contribution is 5.32. The number of hydrogen-bond acceptors (Lipinski definition) is 4. The number of ether oxygens (including phenoxy) is 1. The van der Waals surface area contributed by atoms with E-state index in [-0.39, 0.29) is 0 Å². The fraction of sp³-hybridized carbons (Fsp3) is 0.200. The Kier molecular flexibility index (Phi) is 5.37. The van der Waals surface area contributed by atoms with Gasteiger partial charge in [0.25, 0.3) is 0 Å². The van der Waals surface area contributed by atoms with Gasteiger partial charge in [-0.2, -0.15) is 0 Å². The van der Waals surface area contributed by atoms with Crippen LogP contribution in [0.5, 0.6) is 11.5 Å². The predicted molar refractivity (Wildman–Crippen MR) is 76.9 cm³/mol. The van der Waals surface area contributed by atoms with Crippen LogP contribution in [0.15, 0.2) is 54.6 Å². The fourth-order valence-corrected chi connectivity index (χ4v) is 1.74. The maximum absolute atomic E-state index is 5.73. The van der Waals surface area contributed by atoms with Gasteiger partial charge in [0.15, 0.2) is 0 Å². The lowest BCUT2D eigenvalue weighted by Gasteiger charge is -2.07. The summed E-state index contributed by atoms with van der Waals surface area (Å²) in [5.41, 5.74) is 3.83. The summed E-state index contributed by atoms with van der Waals surface area (Å²) in [6.45, 7) is 1.51. The van der Waals surface area contributed by atoms with E-state index in [2.05, 4.69) is 22.9 Å². The molecule has 0 spiro atoms. The van der Waals surface area contributed by atoms with Crippen LogP contribution in [0.4, 0.5) is 0 Å². The molecule has 2 aromatic carbocycles. The molecule has 0 aliphatic heterocycles. The molecule has 0 heterocycles. The number of para-hydroxylation sites is 1. The third kappa shape index (κ3) is 4.71. The van der Waals surface area contributed by atoms with Crippen LogP contribution in [-0.4, -0.2) is 13.2 Å². The van der Waals surface area contributed by atoms with Gasteiger partial charge in [-0.3, -0.25) is 5.84 Å². The summed E-state index contributed by atoms with van der Waals surface area (Å²) < 4.78 is 5.73. The Morgan fingerprint density at radius 1 is 0.895 bits per heavy atom. The number of rotatable bonds is 7. The molecule has 0 aromatic heterocycles. The lowest BCUT2D eigenvalue weighted by molar-refractivity contribution is 0.482. The molecular formula is C15H19N3O. The van der Waals surface area contributed by atoms with Gasteiger partial charge in [-0.15, -0.1) is 0 Å². The van der Waals surface area contributed by atoms with E-state index in [4.69, 9.17) is 10.6 Å². The van der Waals surface area contributed by atoms with Crippen molar-refractivity contribution in [3.05, 3.63) is 60.2 Å². The summed E-state index contributed by atoms with van der Waals surface area (Å²) in [6.07, 6.45) is 0.966. The summed E-state index contributed by atoms with van der Waals surface area (Å²) >= 11 is 0. The van der Waals surface area contributed by atoms with Crippen molar-refractivity contribution in [2.45, 2.75) is 6.42 Å². The smallest absolute Gasteiger partial charge is 0.127 e.